The third-order valence-corrected chi connectivity index (χ3v) is 3.85. The highest BCUT2D eigenvalue weighted by Crippen LogP contribution is 2.16. The monoisotopic (exact) mass is 228 g/mol. The molecular weight excluding hydrogens is 200 g/mol. The van der Waals surface area contributed by atoms with Crippen LogP contribution in [0.15, 0.2) is 0 Å². The van der Waals surface area contributed by atoms with Crippen molar-refractivity contribution in [3.05, 3.63) is 0 Å². The zero-order chi connectivity index (χ0) is 12.0. The number of β-amino-alcohol motifs (C(OH)–C–C–N with tert-alkyl or cyclic N) is 1. The zero-order valence-electron chi connectivity index (χ0n) is 11.2. The van der Waals surface area contributed by atoms with Gasteiger partial charge in [-0.3, -0.25) is 0 Å². The summed E-state index contributed by atoms with van der Waals surface area (Å²) in [6.07, 6.45) is 2.26. The Hall–Kier alpha value is -0.120. The zero-order valence-corrected chi connectivity index (χ0v) is 11.2. The van der Waals surface area contributed by atoms with Gasteiger partial charge in [-0.2, -0.15) is 0 Å². The van der Waals surface area contributed by atoms with E-state index in [1.165, 1.54) is 13.0 Å². The molecule has 2 atom stereocenters. The lowest BCUT2D eigenvalue weighted by atomic mass is 9.96. The Morgan fingerprint density at radius 2 is 2.00 bits per heavy atom. The summed E-state index contributed by atoms with van der Waals surface area (Å²) in [5.74, 6) is 0.485. The topological polar surface area (TPSA) is 26.7 Å². The molecule has 3 heteroatoms. The number of aliphatic hydroxyl groups is 1. The molecule has 0 aromatic heterocycles. The second-order valence-electron chi connectivity index (χ2n) is 5.01. The summed E-state index contributed by atoms with van der Waals surface area (Å²) in [6, 6.07) is 0. The molecule has 0 aromatic rings. The molecule has 0 amide bonds. The maximum atomic E-state index is 9.80. The molecule has 0 saturated carbocycles. The fourth-order valence-corrected chi connectivity index (χ4v) is 2.38. The molecule has 1 saturated heterocycles. The van der Waals surface area contributed by atoms with Gasteiger partial charge in [-0.1, -0.05) is 20.8 Å². The maximum Gasteiger partial charge on any atom is 0.0693 e. The summed E-state index contributed by atoms with van der Waals surface area (Å²) < 4.78 is 0. The van der Waals surface area contributed by atoms with Gasteiger partial charge >= 0.3 is 0 Å². The number of hydrogen-bond acceptors (Lipinski definition) is 3. The van der Waals surface area contributed by atoms with E-state index >= 15 is 0 Å². The molecule has 0 aliphatic carbocycles. The van der Waals surface area contributed by atoms with Crippen LogP contribution in [0.2, 0.25) is 0 Å². The van der Waals surface area contributed by atoms with Crippen molar-refractivity contribution in [1.29, 1.82) is 0 Å². The first kappa shape index (κ1) is 13.9. The number of hydrogen-bond donors (Lipinski definition) is 1. The van der Waals surface area contributed by atoms with E-state index in [-0.39, 0.29) is 6.10 Å². The lowest BCUT2D eigenvalue weighted by Gasteiger charge is -2.34. The van der Waals surface area contributed by atoms with Gasteiger partial charge < -0.3 is 14.9 Å². The van der Waals surface area contributed by atoms with E-state index in [0.29, 0.717) is 5.92 Å². The SMILES string of the molecule is CCN(CC)CCCN1CC[C@@H](C)[C@H](O)C1. The molecule has 1 fully saturated rings. The summed E-state index contributed by atoms with van der Waals surface area (Å²) in [5.41, 5.74) is 0. The standard InChI is InChI=1S/C13H28N2O/c1-4-14(5-2)8-6-9-15-10-7-12(3)13(16)11-15/h12-13,16H,4-11H2,1-3H3/t12-,13-/m1/s1. The van der Waals surface area contributed by atoms with E-state index in [1.807, 2.05) is 0 Å². The van der Waals surface area contributed by atoms with Gasteiger partial charge in [0.2, 0.25) is 0 Å². The van der Waals surface area contributed by atoms with Gasteiger partial charge in [-0.25, -0.2) is 0 Å². The first-order chi connectivity index (χ1) is 7.67. The van der Waals surface area contributed by atoms with Crippen LogP contribution in [-0.2, 0) is 0 Å². The third-order valence-electron chi connectivity index (χ3n) is 3.85. The molecule has 1 aliphatic heterocycles. The van der Waals surface area contributed by atoms with Gasteiger partial charge in [-0.05, 0) is 51.5 Å². The van der Waals surface area contributed by atoms with E-state index in [1.54, 1.807) is 0 Å². The van der Waals surface area contributed by atoms with Gasteiger partial charge in [0.15, 0.2) is 0 Å². The molecule has 0 aromatic carbocycles. The molecule has 1 N–H and O–H groups in total. The van der Waals surface area contributed by atoms with Crippen molar-refractivity contribution in [3.8, 4) is 0 Å². The van der Waals surface area contributed by atoms with Crippen LogP contribution in [-0.4, -0.2) is 60.3 Å². The molecule has 1 heterocycles. The van der Waals surface area contributed by atoms with Crippen LogP contribution in [0.3, 0.4) is 0 Å². The van der Waals surface area contributed by atoms with E-state index in [2.05, 4.69) is 30.6 Å². The molecule has 1 aliphatic rings. The van der Waals surface area contributed by atoms with Gasteiger partial charge in [0.25, 0.3) is 0 Å². The van der Waals surface area contributed by atoms with Crippen molar-refractivity contribution in [2.24, 2.45) is 5.92 Å². The quantitative estimate of drug-likeness (QED) is 0.745. The summed E-state index contributed by atoms with van der Waals surface area (Å²) >= 11 is 0. The Bertz CT molecular complexity index is 183. The van der Waals surface area contributed by atoms with Crippen molar-refractivity contribution in [2.45, 2.75) is 39.7 Å². The minimum atomic E-state index is -0.109. The molecule has 0 spiro atoms. The van der Waals surface area contributed by atoms with Gasteiger partial charge in [0, 0.05) is 6.54 Å². The number of nitrogens with zero attached hydrogens (tertiary/aromatic N) is 2. The second kappa shape index (κ2) is 7.25. The maximum absolute atomic E-state index is 9.80. The molecule has 0 unspecified atom stereocenters. The van der Waals surface area contributed by atoms with Crippen LogP contribution in [0.5, 0.6) is 0 Å². The predicted octanol–water partition coefficient (Wildman–Crippen LogP) is 1.42. The summed E-state index contributed by atoms with van der Waals surface area (Å²) in [4.78, 5) is 4.87. The van der Waals surface area contributed by atoms with Crippen LogP contribution >= 0.6 is 0 Å². The molecule has 1 rings (SSSR count). The van der Waals surface area contributed by atoms with Gasteiger partial charge in [0.1, 0.15) is 0 Å². The van der Waals surface area contributed by atoms with Crippen LogP contribution in [0, 0.1) is 5.92 Å². The second-order valence-corrected chi connectivity index (χ2v) is 5.01. The Balaban J connectivity index is 2.13. The highest BCUT2D eigenvalue weighted by molar-refractivity contribution is 4.77. The lowest BCUT2D eigenvalue weighted by Crippen LogP contribution is -2.43. The molecule has 0 bridgehead atoms. The third kappa shape index (κ3) is 4.40. The van der Waals surface area contributed by atoms with E-state index in [4.69, 9.17) is 0 Å². The number of likely N-dealkylation sites (tertiary alicyclic amines) is 1. The lowest BCUT2D eigenvalue weighted by molar-refractivity contribution is 0.0279. The van der Waals surface area contributed by atoms with Crippen LogP contribution in [0.4, 0.5) is 0 Å². The van der Waals surface area contributed by atoms with E-state index in [9.17, 15) is 5.11 Å². The highest BCUT2D eigenvalue weighted by Gasteiger charge is 2.23. The van der Waals surface area contributed by atoms with Crippen molar-refractivity contribution in [1.82, 2.24) is 9.80 Å². The summed E-state index contributed by atoms with van der Waals surface area (Å²) in [6.45, 7) is 13.3. The van der Waals surface area contributed by atoms with Crippen LogP contribution in [0.25, 0.3) is 0 Å². The van der Waals surface area contributed by atoms with Gasteiger partial charge in [-0.15, -0.1) is 0 Å². The fourth-order valence-electron chi connectivity index (χ4n) is 2.38. The van der Waals surface area contributed by atoms with Crippen molar-refractivity contribution >= 4 is 0 Å². The Kier molecular flexibility index (Phi) is 6.32. The first-order valence-electron chi connectivity index (χ1n) is 6.80. The average molecular weight is 228 g/mol. The predicted molar refractivity (Wildman–Crippen MR) is 68.6 cm³/mol. The molecule has 96 valence electrons. The smallest absolute Gasteiger partial charge is 0.0693 e. The Morgan fingerprint density at radius 1 is 1.31 bits per heavy atom. The minimum absolute atomic E-state index is 0.109. The van der Waals surface area contributed by atoms with Gasteiger partial charge in [0.05, 0.1) is 6.10 Å². The van der Waals surface area contributed by atoms with Crippen LogP contribution < -0.4 is 0 Å². The molecule has 16 heavy (non-hydrogen) atoms. The van der Waals surface area contributed by atoms with E-state index in [0.717, 1.165) is 39.1 Å². The van der Waals surface area contributed by atoms with Crippen molar-refractivity contribution in [2.75, 3.05) is 39.3 Å². The number of aliphatic hydroxyl groups excluding tert-OH is 1. The van der Waals surface area contributed by atoms with Crippen LogP contribution in [0.1, 0.15) is 33.6 Å². The molecule has 0 radical (unpaired) electrons. The largest absolute Gasteiger partial charge is 0.392 e. The van der Waals surface area contributed by atoms with E-state index < -0.39 is 0 Å². The molecule has 3 nitrogen and oxygen atoms in total. The Labute approximate surface area is 100 Å². The molecular formula is C13H28N2O. The number of rotatable bonds is 6. The summed E-state index contributed by atoms with van der Waals surface area (Å²) in [5, 5.41) is 9.80. The summed E-state index contributed by atoms with van der Waals surface area (Å²) in [7, 11) is 0. The fraction of sp³-hybridized carbons (Fsp3) is 1.00. The Morgan fingerprint density at radius 3 is 2.56 bits per heavy atom. The first-order valence-corrected chi connectivity index (χ1v) is 6.80. The van der Waals surface area contributed by atoms with Crippen molar-refractivity contribution in [3.63, 3.8) is 0 Å². The normalized spacial score (nSPS) is 27.6. The number of piperidine rings is 1. The average Bonchev–Trinajstić information content (AvgIpc) is 2.29. The van der Waals surface area contributed by atoms with Crippen molar-refractivity contribution < 1.29 is 5.11 Å². The highest BCUT2D eigenvalue weighted by atomic mass is 16.3. The minimum Gasteiger partial charge on any atom is -0.392 e.